The smallest absolute Gasteiger partial charge is 0.293 e. The van der Waals surface area contributed by atoms with Crippen LogP contribution in [0.5, 0.6) is 0 Å². The quantitative estimate of drug-likeness (QED) is 0.817. The van der Waals surface area contributed by atoms with E-state index >= 15 is 0 Å². The molecule has 1 aromatic carbocycles. The van der Waals surface area contributed by atoms with Gasteiger partial charge in [0.05, 0.1) is 6.61 Å². The largest absolute Gasteiger partial charge is 0.383 e. The Morgan fingerprint density at radius 2 is 2.15 bits per heavy atom. The molecule has 1 aromatic heterocycles. The van der Waals surface area contributed by atoms with Gasteiger partial charge in [-0.1, -0.05) is 30.3 Å². The number of methoxy groups -OCH3 is 1. The molecule has 0 bridgehead atoms. The second-order valence-electron chi connectivity index (χ2n) is 6.96. The van der Waals surface area contributed by atoms with Gasteiger partial charge in [0.1, 0.15) is 0 Å². The molecule has 1 N–H and O–H groups in total. The van der Waals surface area contributed by atoms with Crippen molar-refractivity contribution in [1.82, 2.24) is 14.9 Å². The third-order valence-corrected chi connectivity index (χ3v) is 4.88. The predicted octanol–water partition coefficient (Wildman–Crippen LogP) is 1.60. The fourth-order valence-corrected chi connectivity index (χ4v) is 3.61. The number of nitrogens with zero attached hydrogens (tertiary/aromatic N) is 3. The summed E-state index contributed by atoms with van der Waals surface area (Å²) in [6.45, 7) is 2.33. The summed E-state index contributed by atoms with van der Waals surface area (Å²) in [5.74, 6) is 0.549. The van der Waals surface area contributed by atoms with Crippen LogP contribution in [0.1, 0.15) is 18.4 Å². The van der Waals surface area contributed by atoms with Crippen molar-refractivity contribution in [2.45, 2.75) is 31.3 Å². The lowest BCUT2D eigenvalue weighted by molar-refractivity contribution is 0.157. The number of piperidine rings is 1. The molecule has 2 heterocycles. The number of hydrogen-bond donors (Lipinski definition) is 1. The molecule has 1 aliphatic heterocycles. The Labute approximate surface area is 154 Å². The Hall–Kier alpha value is -2.18. The highest BCUT2D eigenvalue weighted by Gasteiger charge is 2.25. The standard InChI is InChI=1S/C20H28N4O2/c1-23-12-10-21-19(20(23)25)24-11-6-9-17(14-24)22-18(15-26-2)13-16-7-4-3-5-8-16/h3-5,7-8,10,12,17-18,22H,6,9,11,13-15H2,1-2H3/t17-,18+/m0/s1. The first kappa shape index (κ1) is 18.6. The Morgan fingerprint density at radius 1 is 1.35 bits per heavy atom. The summed E-state index contributed by atoms with van der Waals surface area (Å²) in [7, 11) is 3.51. The maximum Gasteiger partial charge on any atom is 0.293 e. The fraction of sp³-hybridized carbons (Fsp3) is 0.500. The number of hydrogen-bond acceptors (Lipinski definition) is 5. The molecule has 1 saturated heterocycles. The summed E-state index contributed by atoms with van der Waals surface area (Å²) in [6.07, 6.45) is 6.45. The number of aromatic nitrogens is 2. The van der Waals surface area contributed by atoms with Gasteiger partial charge >= 0.3 is 0 Å². The molecule has 1 aliphatic rings. The molecule has 0 aliphatic carbocycles. The van der Waals surface area contributed by atoms with Crippen LogP contribution in [0.2, 0.25) is 0 Å². The van der Waals surface area contributed by atoms with Crippen molar-refractivity contribution in [3.63, 3.8) is 0 Å². The van der Waals surface area contributed by atoms with E-state index in [1.54, 1.807) is 31.1 Å². The van der Waals surface area contributed by atoms with Crippen molar-refractivity contribution >= 4 is 5.82 Å². The van der Waals surface area contributed by atoms with E-state index in [2.05, 4.69) is 39.5 Å². The van der Waals surface area contributed by atoms with E-state index in [4.69, 9.17) is 4.74 Å². The lowest BCUT2D eigenvalue weighted by atomic mass is 10.0. The zero-order valence-corrected chi connectivity index (χ0v) is 15.6. The van der Waals surface area contributed by atoms with Crippen LogP contribution in [0.3, 0.4) is 0 Å². The second kappa shape index (κ2) is 8.96. The maximum atomic E-state index is 12.4. The first-order valence-electron chi connectivity index (χ1n) is 9.23. The number of benzene rings is 1. The molecule has 6 heteroatoms. The summed E-state index contributed by atoms with van der Waals surface area (Å²) in [5, 5.41) is 3.74. The van der Waals surface area contributed by atoms with E-state index in [9.17, 15) is 4.79 Å². The van der Waals surface area contributed by atoms with Crippen molar-refractivity contribution in [2.24, 2.45) is 7.05 Å². The van der Waals surface area contributed by atoms with Crippen LogP contribution in [0, 0.1) is 0 Å². The minimum Gasteiger partial charge on any atom is -0.383 e. The SMILES string of the molecule is COC[C@@H](Cc1ccccc1)N[C@H]1CCCN(c2nccn(C)c2=O)C1. The third-order valence-electron chi connectivity index (χ3n) is 4.88. The Kier molecular flexibility index (Phi) is 6.41. The van der Waals surface area contributed by atoms with Crippen LogP contribution in [0.25, 0.3) is 0 Å². The average Bonchev–Trinajstić information content (AvgIpc) is 2.65. The van der Waals surface area contributed by atoms with Gasteiger partial charge in [-0.3, -0.25) is 4.79 Å². The molecule has 3 rings (SSSR count). The summed E-state index contributed by atoms with van der Waals surface area (Å²) in [5.41, 5.74) is 1.26. The van der Waals surface area contributed by atoms with E-state index in [0.717, 1.165) is 32.4 Å². The van der Waals surface area contributed by atoms with Crippen LogP contribution >= 0.6 is 0 Å². The van der Waals surface area contributed by atoms with Gasteiger partial charge in [0.2, 0.25) is 0 Å². The van der Waals surface area contributed by atoms with Crippen LogP contribution in [0.15, 0.2) is 47.5 Å². The average molecular weight is 356 g/mol. The number of aryl methyl sites for hydroxylation is 1. The number of anilines is 1. The van der Waals surface area contributed by atoms with Crippen LogP contribution < -0.4 is 15.8 Å². The summed E-state index contributed by atoms with van der Waals surface area (Å²) >= 11 is 0. The molecule has 2 atom stereocenters. The Bertz CT molecular complexity index is 747. The molecular formula is C20H28N4O2. The normalized spacial score (nSPS) is 18.7. The van der Waals surface area contributed by atoms with Crippen LogP contribution in [-0.4, -0.2) is 48.4 Å². The number of nitrogens with one attached hydrogen (secondary N) is 1. The maximum absolute atomic E-state index is 12.4. The topological polar surface area (TPSA) is 59.4 Å². The second-order valence-corrected chi connectivity index (χ2v) is 6.96. The van der Waals surface area contributed by atoms with Gasteiger partial charge in [-0.25, -0.2) is 4.98 Å². The van der Waals surface area contributed by atoms with Gasteiger partial charge in [0.25, 0.3) is 5.56 Å². The van der Waals surface area contributed by atoms with E-state index in [-0.39, 0.29) is 11.6 Å². The summed E-state index contributed by atoms with van der Waals surface area (Å²) in [6, 6.07) is 11.0. The first-order chi connectivity index (χ1) is 12.7. The van der Waals surface area contributed by atoms with Gasteiger partial charge in [0.15, 0.2) is 5.82 Å². The number of rotatable bonds is 7. The molecule has 0 radical (unpaired) electrons. The molecule has 6 nitrogen and oxygen atoms in total. The van der Waals surface area contributed by atoms with Crippen molar-refractivity contribution in [3.8, 4) is 0 Å². The highest BCUT2D eigenvalue weighted by molar-refractivity contribution is 5.36. The summed E-state index contributed by atoms with van der Waals surface area (Å²) in [4.78, 5) is 18.8. The van der Waals surface area contributed by atoms with E-state index in [0.29, 0.717) is 18.5 Å². The molecule has 0 saturated carbocycles. The monoisotopic (exact) mass is 356 g/mol. The van der Waals surface area contributed by atoms with Gasteiger partial charge in [0, 0.05) is 51.7 Å². The third kappa shape index (κ3) is 4.71. The van der Waals surface area contributed by atoms with Crippen LogP contribution in [-0.2, 0) is 18.2 Å². The zero-order chi connectivity index (χ0) is 18.4. The minimum atomic E-state index is -0.0362. The predicted molar refractivity (Wildman–Crippen MR) is 104 cm³/mol. The zero-order valence-electron chi connectivity index (χ0n) is 15.6. The van der Waals surface area contributed by atoms with Gasteiger partial charge < -0.3 is 19.5 Å². The molecule has 0 unspecified atom stereocenters. The van der Waals surface area contributed by atoms with Gasteiger partial charge in [-0.15, -0.1) is 0 Å². The highest BCUT2D eigenvalue weighted by atomic mass is 16.5. The lowest BCUT2D eigenvalue weighted by Gasteiger charge is -2.35. The number of ether oxygens (including phenoxy) is 1. The van der Waals surface area contributed by atoms with Gasteiger partial charge in [-0.05, 0) is 24.8 Å². The van der Waals surface area contributed by atoms with Crippen molar-refractivity contribution in [3.05, 3.63) is 58.6 Å². The van der Waals surface area contributed by atoms with Crippen molar-refractivity contribution in [2.75, 3.05) is 31.7 Å². The van der Waals surface area contributed by atoms with E-state index in [1.165, 1.54) is 5.56 Å². The van der Waals surface area contributed by atoms with E-state index in [1.807, 2.05) is 6.07 Å². The molecule has 26 heavy (non-hydrogen) atoms. The van der Waals surface area contributed by atoms with E-state index < -0.39 is 0 Å². The summed E-state index contributed by atoms with van der Waals surface area (Å²) < 4.78 is 7.01. The van der Waals surface area contributed by atoms with Crippen molar-refractivity contribution < 1.29 is 4.74 Å². The molecule has 0 spiro atoms. The van der Waals surface area contributed by atoms with Crippen molar-refractivity contribution in [1.29, 1.82) is 0 Å². The fourth-order valence-electron chi connectivity index (χ4n) is 3.61. The molecule has 140 valence electrons. The first-order valence-corrected chi connectivity index (χ1v) is 9.23. The lowest BCUT2D eigenvalue weighted by Crippen LogP contribution is -2.52. The van der Waals surface area contributed by atoms with Gasteiger partial charge in [-0.2, -0.15) is 0 Å². The molecule has 1 fully saturated rings. The van der Waals surface area contributed by atoms with Crippen LogP contribution in [0.4, 0.5) is 5.82 Å². The molecule has 0 amide bonds. The Morgan fingerprint density at radius 3 is 2.92 bits per heavy atom. The minimum absolute atomic E-state index is 0.0362. The molecule has 2 aromatic rings. The Balaban J connectivity index is 1.66. The highest BCUT2D eigenvalue weighted by Crippen LogP contribution is 2.16. The molecular weight excluding hydrogens is 328 g/mol.